The molecule has 112 valence electrons. The number of halogens is 1. The molecule has 0 bridgehead atoms. The van der Waals surface area contributed by atoms with Crippen molar-refractivity contribution in [3.63, 3.8) is 0 Å². The Morgan fingerprint density at radius 2 is 2.25 bits per heavy atom. The van der Waals surface area contributed by atoms with E-state index in [0.717, 1.165) is 37.3 Å². The minimum Gasteiger partial charge on any atom is -0.379 e. The summed E-state index contributed by atoms with van der Waals surface area (Å²) in [4.78, 5) is 2.25. The smallest absolute Gasteiger partial charge is 0.129 e. The Bertz CT molecular complexity index is 438. The van der Waals surface area contributed by atoms with Crippen molar-refractivity contribution < 1.29 is 9.13 Å². The van der Waals surface area contributed by atoms with Gasteiger partial charge in [0.15, 0.2) is 0 Å². The molecule has 0 amide bonds. The third kappa shape index (κ3) is 3.30. The number of hydrogen-bond acceptors (Lipinski definition) is 3. The summed E-state index contributed by atoms with van der Waals surface area (Å²) < 4.78 is 19.6. The SMILES string of the molecule is CCNCc1c(F)cccc1N1CCC(C)C(OC)C1. The number of nitrogens with zero attached hydrogens (tertiary/aromatic N) is 1. The molecular formula is C16H25FN2O. The lowest BCUT2D eigenvalue weighted by atomic mass is 9.95. The fourth-order valence-corrected chi connectivity index (χ4v) is 2.83. The van der Waals surface area contributed by atoms with E-state index in [1.54, 1.807) is 13.2 Å². The van der Waals surface area contributed by atoms with Crippen LogP contribution < -0.4 is 10.2 Å². The molecule has 0 spiro atoms. The summed E-state index contributed by atoms with van der Waals surface area (Å²) in [5, 5.41) is 3.22. The molecule has 0 saturated carbocycles. The van der Waals surface area contributed by atoms with Gasteiger partial charge < -0.3 is 15.0 Å². The predicted octanol–water partition coefficient (Wildman–Crippen LogP) is 2.80. The highest BCUT2D eigenvalue weighted by molar-refractivity contribution is 5.54. The van der Waals surface area contributed by atoms with Gasteiger partial charge >= 0.3 is 0 Å². The van der Waals surface area contributed by atoms with E-state index in [0.29, 0.717) is 12.5 Å². The fourth-order valence-electron chi connectivity index (χ4n) is 2.83. The predicted molar refractivity (Wildman–Crippen MR) is 80.6 cm³/mol. The van der Waals surface area contributed by atoms with Gasteiger partial charge in [0.25, 0.3) is 0 Å². The minimum atomic E-state index is -0.129. The highest BCUT2D eigenvalue weighted by Crippen LogP contribution is 2.29. The number of anilines is 1. The van der Waals surface area contributed by atoms with E-state index in [9.17, 15) is 4.39 Å². The highest BCUT2D eigenvalue weighted by Gasteiger charge is 2.27. The van der Waals surface area contributed by atoms with E-state index >= 15 is 0 Å². The maximum atomic E-state index is 14.1. The number of piperidine rings is 1. The standard InChI is InChI=1S/C16H25FN2O/c1-4-18-10-13-14(17)6-5-7-15(13)19-9-8-12(2)16(11-19)20-3/h5-7,12,16,18H,4,8-11H2,1-3H3. The molecule has 0 radical (unpaired) electrons. The highest BCUT2D eigenvalue weighted by atomic mass is 19.1. The zero-order valence-corrected chi connectivity index (χ0v) is 12.7. The van der Waals surface area contributed by atoms with Crippen molar-refractivity contribution in [1.29, 1.82) is 0 Å². The van der Waals surface area contributed by atoms with Crippen molar-refractivity contribution >= 4 is 5.69 Å². The van der Waals surface area contributed by atoms with Gasteiger partial charge in [-0.25, -0.2) is 4.39 Å². The summed E-state index contributed by atoms with van der Waals surface area (Å²) in [7, 11) is 1.76. The number of benzene rings is 1. The third-order valence-electron chi connectivity index (χ3n) is 4.18. The van der Waals surface area contributed by atoms with Crippen LogP contribution in [-0.2, 0) is 11.3 Å². The average molecular weight is 280 g/mol. The lowest BCUT2D eigenvalue weighted by molar-refractivity contribution is 0.0498. The van der Waals surface area contributed by atoms with E-state index in [1.807, 2.05) is 13.0 Å². The van der Waals surface area contributed by atoms with Crippen molar-refractivity contribution in [2.45, 2.75) is 32.9 Å². The van der Waals surface area contributed by atoms with Crippen molar-refractivity contribution in [2.24, 2.45) is 5.92 Å². The van der Waals surface area contributed by atoms with Crippen LogP contribution in [0.1, 0.15) is 25.8 Å². The second-order valence-corrected chi connectivity index (χ2v) is 5.50. The number of hydrogen-bond donors (Lipinski definition) is 1. The number of nitrogens with one attached hydrogen (secondary N) is 1. The largest absolute Gasteiger partial charge is 0.379 e. The van der Waals surface area contributed by atoms with E-state index in [1.165, 1.54) is 6.07 Å². The molecule has 1 aliphatic heterocycles. The molecule has 1 N–H and O–H groups in total. The number of ether oxygens (including phenoxy) is 1. The zero-order chi connectivity index (χ0) is 14.5. The molecule has 4 heteroatoms. The Morgan fingerprint density at radius 3 is 2.95 bits per heavy atom. The fraction of sp³-hybridized carbons (Fsp3) is 0.625. The number of methoxy groups -OCH3 is 1. The molecule has 0 aromatic heterocycles. The molecule has 1 fully saturated rings. The molecular weight excluding hydrogens is 255 g/mol. The Hall–Kier alpha value is -1.13. The van der Waals surface area contributed by atoms with Gasteiger partial charge in [-0.05, 0) is 31.0 Å². The van der Waals surface area contributed by atoms with Gasteiger partial charge in [0, 0.05) is 38.0 Å². The van der Waals surface area contributed by atoms with E-state index in [-0.39, 0.29) is 11.9 Å². The second-order valence-electron chi connectivity index (χ2n) is 5.50. The number of rotatable bonds is 5. The van der Waals surface area contributed by atoms with E-state index in [4.69, 9.17) is 4.74 Å². The van der Waals surface area contributed by atoms with Crippen LogP contribution in [0.25, 0.3) is 0 Å². The molecule has 20 heavy (non-hydrogen) atoms. The molecule has 1 aromatic rings. The summed E-state index contributed by atoms with van der Waals surface area (Å²) in [6.45, 7) is 7.46. The second kappa shape index (κ2) is 7.04. The van der Waals surface area contributed by atoms with Gasteiger partial charge in [-0.2, -0.15) is 0 Å². The maximum absolute atomic E-state index is 14.1. The Kier molecular flexibility index (Phi) is 5.38. The van der Waals surface area contributed by atoms with Crippen LogP contribution in [0.3, 0.4) is 0 Å². The summed E-state index contributed by atoms with van der Waals surface area (Å²) in [5.41, 5.74) is 1.76. The first kappa shape index (κ1) is 15.3. The van der Waals surface area contributed by atoms with Crippen molar-refractivity contribution in [1.82, 2.24) is 5.32 Å². The average Bonchev–Trinajstić information content (AvgIpc) is 2.46. The molecule has 1 heterocycles. The molecule has 1 saturated heterocycles. The van der Waals surface area contributed by atoms with Gasteiger partial charge in [0.1, 0.15) is 5.82 Å². The van der Waals surface area contributed by atoms with Crippen molar-refractivity contribution in [3.05, 3.63) is 29.6 Å². The monoisotopic (exact) mass is 280 g/mol. The Morgan fingerprint density at radius 1 is 1.45 bits per heavy atom. The van der Waals surface area contributed by atoms with Gasteiger partial charge in [-0.3, -0.25) is 0 Å². The summed E-state index contributed by atoms with van der Waals surface area (Å²) in [6, 6.07) is 5.34. The normalized spacial score (nSPS) is 23.1. The van der Waals surface area contributed by atoms with Crippen LogP contribution in [0, 0.1) is 11.7 Å². The minimum absolute atomic E-state index is 0.129. The van der Waals surface area contributed by atoms with Crippen LogP contribution in [0.2, 0.25) is 0 Å². The third-order valence-corrected chi connectivity index (χ3v) is 4.18. The van der Waals surface area contributed by atoms with E-state index < -0.39 is 0 Å². The first-order valence-corrected chi connectivity index (χ1v) is 7.43. The summed E-state index contributed by atoms with van der Waals surface area (Å²) in [6.07, 6.45) is 1.30. The lowest BCUT2D eigenvalue weighted by Gasteiger charge is -2.38. The Balaban J connectivity index is 2.21. The van der Waals surface area contributed by atoms with Crippen LogP contribution in [-0.4, -0.2) is 32.8 Å². The van der Waals surface area contributed by atoms with Crippen LogP contribution in [0.15, 0.2) is 18.2 Å². The van der Waals surface area contributed by atoms with Crippen molar-refractivity contribution in [3.8, 4) is 0 Å². The molecule has 2 atom stereocenters. The first-order chi connectivity index (χ1) is 9.67. The summed E-state index contributed by atoms with van der Waals surface area (Å²) >= 11 is 0. The topological polar surface area (TPSA) is 24.5 Å². The van der Waals surface area contributed by atoms with Gasteiger partial charge in [0.2, 0.25) is 0 Å². The Labute approximate surface area is 121 Å². The quantitative estimate of drug-likeness (QED) is 0.897. The first-order valence-electron chi connectivity index (χ1n) is 7.43. The molecule has 0 aliphatic carbocycles. The van der Waals surface area contributed by atoms with Crippen LogP contribution >= 0.6 is 0 Å². The molecule has 1 aliphatic rings. The molecule has 2 rings (SSSR count). The summed E-state index contributed by atoms with van der Waals surface area (Å²) in [5.74, 6) is 0.429. The van der Waals surface area contributed by atoms with Crippen LogP contribution in [0.4, 0.5) is 10.1 Å². The maximum Gasteiger partial charge on any atom is 0.129 e. The molecule has 2 unspecified atom stereocenters. The molecule has 3 nitrogen and oxygen atoms in total. The van der Waals surface area contributed by atoms with Crippen molar-refractivity contribution in [2.75, 3.05) is 31.6 Å². The zero-order valence-electron chi connectivity index (χ0n) is 12.7. The van der Waals surface area contributed by atoms with Gasteiger partial charge in [-0.1, -0.05) is 19.9 Å². The van der Waals surface area contributed by atoms with Crippen LogP contribution in [0.5, 0.6) is 0 Å². The van der Waals surface area contributed by atoms with Gasteiger partial charge in [-0.15, -0.1) is 0 Å². The van der Waals surface area contributed by atoms with E-state index in [2.05, 4.69) is 17.1 Å². The van der Waals surface area contributed by atoms with Gasteiger partial charge in [0.05, 0.1) is 6.10 Å². The molecule has 1 aromatic carbocycles. The lowest BCUT2D eigenvalue weighted by Crippen LogP contribution is -2.44.